The van der Waals surface area contributed by atoms with Crippen LogP contribution in [0.4, 0.5) is 8.78 Å². The number of thiophene rings is 1. The molecule has 0 unspecified atom stereocenters. The van der Waals surface area contributed by atoms with Crippen LogP contribution >= 0.6 is 11.3 Å². The van der Waals surface area contributed by atoms with Crippen molar-refractivity contribution in [1.82, 2.24) is 24.6 Å². The van der Waals surface area contributed by atoms with E-state index in [0.717, 1.165) is 40.5 Å². The van der Waals surface area contributed by atoms with Gasteiger partial charge in [-0.3, -0.25) is 9.48 Å². The third-order valence-electron chi connectivity index (χ3n) is 9.93. The molecule has 0 radical (unpaired) electrons. The molecule has 0 spiro atoms. The van der Waals surface area contributed by atoms with E-state index in [1.165, 1.54) is 36.3 Å². The molecule has 3 aromatic heterocycles. The number of rotatable bonds is 10. The second-order valence-corrected chi connectivity index (χ2v) is 14.3. The average molecular weight is 648 g/mol. The Bertz CT molecular complexity index is 1830. The largest absolute Gasteiger partial charge is 0.490 e. The number of hydrogen-bond acceptors (Lipinski definition) is 7. The molecule has 8 nitrogen and oxygen atoms in total. The van der Waals surface area contributed by atoms with E-state index in [9.17, 15) is 9.18 Å². The topological polar surface area (TPSA) is 72.7 Å². The number of nitrogens with zero attached hydrogens (tertiary/aromatic N) is 5. The number of methoxy groups -OCH3 is 1. The monoisotopic (exact) mass is 647 g/mol. The van der Waals surface area contributed by atoms with E-state index >= 15 is 4.39 Å². The van der Waals surface area contributed by atoms with Gasteiger partial charge in [-0.1, -0.05) is 6.58 Å². The Morgan fingerprint density at radius 2 is 2.00 bits per heavy atom. The molecule has 242 valence electrons. The molecule has 4 aromatic rings. The van der Waals surface area contributed by atoms with Gasteiger partial charge >= 0.3 is 0 Å². The Labute approximate surface area is 271 Å². The first-order valence-electron chi connectivity index (χ1n) is 15.8. The Kier molecular flexibility index (Phi) is 7.97. The summed E-state index contributed by atoms with van der Waals surface area (Å²) in [7, 11) is 5.81. The predicted molar refractivity (Wildman–Crippen MR) is 175 cm³/mol. The van der Waals surface area contributed by atoms with Crippen molar-refractivity contribution in [2.24, 2.45) is 11.3 Å². The van der Waals surface area contributed by atoms with Gasteiger partial charge in [0, 0.05) is 53.4 Å². The molecule has 4 aliphatic rings. The highest BCUT2D eigenvalue weighted by atomic mass is 32.1. The van der Waals surface area contributed by atoms with E-state index in [1.807, 2.05) is 23.1 Å². The van der Waals surface area contributed by atoms with Crippen LogP contribution in [0.2, 0.25) is 0 Å². The molecule has 0 saturated heterocycles. The zero-order chi connectivity index (χ0) is 32.3. The van der Waals surface area contributed by atoms with Gasteiger partial charge in [0.05, 0.1) is 36.6 Å². The number of pyridine rings is 1. The Morgan fingerprint density at radius 3 is 2.74 bits per heavy atom. The molecule has 3 aliphatic carbocycles. The van der Waals surface area contributed by atoms with Crippen LogP contribution in [0.25, 0.3) is 32.6 Å². The van der Waals surface area contributed by atoms with Crippen LogP contribution < -0.4 is 4.74 Å². The van der Waals surface area contributed by atoms with Crippen molar-refractivity contribution in [3.05, 3.63) is 65.3 Å². The number of carbonyl (C=O) groups is 1. The van der Waals surface area contributed by atoms with E-state index in [0.29, 0.717) is 36.0 Å². The van der Waals surface area contributed by atoms with Gasteiger partial charge in [0.15, 0.2) is 0 Å². The van der Waals surface area contributed by atoms with Crippen LogP contribution in [0.15, 0.2) is 42.3 Å². The molecule has 46 heavy (non-hydrogen) atoms. The third kappa shape index (κ3) is 5.22. The molecule has 3 fully saturated rings. The van der Waals surface area contributed by atoms with Crippen molar-refractivity contribution in [2.75, 3.05) is 41.0 Å². The minimum atomic E-state index is -0.730. The van der Waals surface area contributed by atoms with Crippen LogP contribution in [-0.4, -0.2) is 77.5 Å². The van der Waals surface area contributed by atoms with Gasteiger partial charge in [0.2, 0.25) is 5.91 Å². The lowest BCUT2D eigenvalue weighted by Gasteiger charge is -2.40. The standard InChI is InChI=1S/C35H39F2N5O3S/c1-6-29(43)41-18-23-13-27(39-42(23)17-20(41)2)33-31(30-26(37)11-22(36)12-28(30)45-9-8-44-5)34-24(7-10-46-34)32(38-33)25-16-35(19-40(3)4)14-21(25)15-35/h6-7,10-13,20-21,25H,1,8-9,14-19H2,2-5H3/t20-,21?,25-,35?/m1/s1. The van der Waals surface area contributed by atoms with E-state index in [2.05, 4.69) is 31.6 Å². The summed E-state index contributed by atoms with van der Waals surface area (Å²) < 4.78 is 44.6. The number of fused-ring (bicyclic) bond motifs is 3. The summed E-state index contributed by atoms with van der Waals surface area (Å²) in [5.41, 5.74) is 3.97. The maximum Gasteiger partial charge on any atom is 0.246 e. The minimum Gasteiger partial charge on any atom is -0.490 e. The summed E-state index contributed by atoms with van der Waals surface area (Å²) >= 11 is 1.52. The second-order valence-electron chi connectivity index (χ2n) is 13.4. The highest BCUT2D eigenvalue weighted by Gasteiger charge is 2.57. The average Bonchev–Trinajstić information content (AvgIpc) is 3.78. The smallest absolute Gasteiger partial charge is 0.246 e. The van der Waals surface area contributed by atoms with Gasteiger partial charge in [-0.25, -0.2) is 13.8 Å². The molecule has 1 amide bonds. The summed E-state index contributed by atoms with van der Waals surface area (Å²) in [5.74, 6) is -0.685. The molecule has 3 saturated carbocycles. The molecule has 8 rings (SSSR count). The Morgan fingerprint density at radius 1 is 1.20 bits per heavy atom. The summed E-state index contributed by atoms with van der Waals surface area (Å²) in [6.45, 7) is 7.97. The lowest BCUT2D eigenvalue weighted by Crippen LogP contribution is -2.44. The third-order valence-corrected chi connectivity index (χ3v) is 10.9. The lowest BCUT2D eigenvalue weighted by atomic mass is 9.69. The fourth-order valence-corrected chi connectivity index (χ4v) is 9.12. The zero-order valence-corrected chi connectivity index (χ0v) is 27.5. The summed E-state index contributed by atoms with van der Waals surface area (Å²) in [5, 5.41) is 8.01. The SMILES string of the molecule is C=CC(=O)N1Cc2cc(-c3nc([C@@H]4CC5(CN(C)C)CC4C5)c4ccsc4c3-c3c(F)cc(F)cc3OCCOC)nn2C[C@H]1C. The number of hydrogen-bond donors (Lipinski definition) is 0. The summed E-state index contributed by atoms with van der Waals surface area (Å²) in [4.78, 5) is 22.1. The van der Waals surface area contributed by atoms with Crippen molar-refractivity contribution in [2.45, 2.75) is 51.2 Å². The fourth-order valence-electron chi connectivity index (χ4n) is 8.16. The van der Waals surface area contributed by atoms with Crippen molar-refractivity contribution in [3.63, 3.8) is 0 Å². The number of ether oxygens (including phenoxy) is 2. The first kappa shape index (κ1) is 31.0. The number of halogens is 2. The van der Waals surface area contributed by atoms with Crippen molar-refractivity contribution < 1.29 is 23.0 Å². The van der Waals surface area contributed by atoms with Crippen molar-refractivity contribution >= 4 is 27.3 Å². The molecule has 1 aliphatic heterocycles. The first-order valence-corrected chi connectivity index (χ1v) is 16.7. The highest BCUT2D eigenvalue weighted by molar-refractivity contribution is 7.17. The van der Waals surface area contributed by atoms with Gasteiger partial charge in [0.25, 0.3) is 0 Å². The van der Waals surface area contributed by atoms with Crippen LogP contribution in [0.3, 0.4) is 0 Å². The van der Waals surface area contributed by atoms with Gasteiger partial charge in [0.1, 0.15) is 35.4 Å². The van der Waals surface area contributed by atoms with Crippen molar-refractivity contribution in [3.8, 4) is 28.3 Å². The predicted octanol–water partition coefficient (Wildman–Crippen LogP) is 6.49. The summed E-state index contributed by atoms with van der Waals surface area (Å²) in [6, 6.07) is 6.06. The highest BCUT2D eigenvalue weighted by Crippen LogP contribution is 2.66. The normalized spacial score (nSPS) is 23.5. The fraction of sp³-hybridized carbons (Fsp3) is 0.457. The summed E-state index contributed by atoms with van der Waals surface area (Å²) in [6.07, 6.45) is 4.74. The van der Waals surface area contributed by atoms with Crippen LogP contribution in [0.5, 0.6) is 5.75 Å². The van der Waals surface area contributed by atoms with Gasteiger partial charge < -0.3 is 19.3 Å². The van der Waals surface area contributed by atoms with E-state index < -0.39 is 11.6 Å². The molecule has 11 heteroatoms. The molecular weight excluding hydrogens is 608 g/mol. The van der Waals surface area contributed by atoms with E-state index in [4.69, 9.17) is 19.6 Å². The molecule has 2 atom stereocenters. The van der Waals surface area contributed by atoms with Gasteiger partial charge in [-0.2, -0.15) is 5.10 Å². The van der Waals surface area contributed by atoms with E-state index in [-0.39, 0.29) is 47.8 Å². The molecule has 0 N–H and O–H groups in total. The van der Waals surface area contributed by atoms with Gasteiger partial charge in [-0.15, -0.1) is 11.3 Å². The Balaban J connectivity index is 1.42. The van der Waals surface area contributed by atoms with Crippen LogP contribution in [-0.2, 0) is 22.6 Å². The quantitative estimate of drug-likeness (QED) is 0.145. The van der Waals surface area contributed by atoms with Crippen LogP contribution in [0.1, 0.15) is 43.5 Å². The second kappa shape index (κ2) is 11.8. The number of benzene rings is 1. The zero-order valence-electron chi connectivity index (χ0n) is 26.7. The first-order chi connectivity index (χ1) is 22.1. The molecule has 1 aromatic carbocycles. The lowest BCUT2D eigenvalue weighted by molar-refractivity contribution is -0.129. The number of aromatic nitrogens is 3. The molecule has 4 heterocycles. The van der Waals surface area contributed by atoms with Crippen LogP contribution in [0, 0.1) is 23.0 Å². The number of carbonyl (C=O) groups excluding carboxylic acids is 1. The van der Waals surface area contributed by atoms with Gasteiger partial charge in [-0.05, 0) is 75.2 Å². The van der Waals surface area contributed by atoms with Crippen molar-refractivity contribution in [1.29, 1.82) is 0 Å². The maximum absolute atomic E-state index is 16.1. The Hall–Kier alpha value is -3.67. The number of amides is 1. The molecular formula is C35H39F2N5O3S. The van der Waals surface area contributed by atoms with E-state index in [1.54, 1.807) is 12.0 Å². The molecule has 2 bridgehead atoms. The minimum absolute atomic E-state index is 0.0815. The maximum atomic E-state index is 16.1.